The first-order valence-electron chi connectivity index (χ1n) is 7.80. The third-order valence-electron chi connectivity index (χ3n) is 4.17. The number of rotatable bonds is 4. The van der Waals surface area contributed by atoms with Gasteiger partial charge in [0.25, 0.3) is 0 Å². The van der Waals surface area contributed by atoms with Gasteiger partial charge in [0.1, 0.15) is 0 Å². The molecule has 22 heavy (non-hydrogen) atoms. The van der Waals surface area contributed by atoms with Gasteiger partial charge in [-0.1, -0.05) is 19.3 Å². The van der Waals surface area contributed by atoms with E-state index in [1.54, 1.807) is 29.6 Å². The minimum Gasteiger partial charge on any atom is -0.472 e. The first kappa shape index (κ1) is 14.7. The number of aryl methyl sites for hydroxylation is 1. The summed E-state index contributed by atoms with van der Waals surface area (Å²) in [7, 11) is 1.83. The fourth-order valence-corrected chi connectivity index (χ4v) is 3.02. The molecule has 6 heteroatoms. The SMILES string of the molecule is Cn1cc(NC(=O)N(Cc2ccoc2)C2CCCCC2)cn1. The molecule has 2 amide bonds. The van der Waals surface area contributed by atoms with Crippen molar-refractivity contribution in [2.45, 2.75) is 44.7 Å². The molecule has 0 radical (unpaired) electrons. The van der Waals surface area contributed by atoms with E-state index in [1.165, 1.54) is 19.3 Å². The van der Waals surface area contributed by atoms with Crippen molar-refractivity contribution in [3.05, 3.63) is 36.5 Å². The van der Waals surface area contributed by atoms with Gasteiger partial charge in [-0.15, -0.1) is 0 Å². The summed E-state index contributed by atoms with van der Waals surface area (Å²) in [5, 5.41) is 7.03. The van der Waals surface area contributed by atoms with Crippen LogP contribution in [0.5, 0.6) is 0 Å². The van der Waals surface area contributed by atoms with Crippen LogP contribution >= 0.6 is 0 Å². The molecule has 0 saturated heterocycles. The van der Waals surface area contributed by atoms with Gasteiger partial charge >= 0.3 is 6.03 Å². The number of hydrogen-bond donors (Lipinski definition) is 1. The molecule has 0 aliphatic heterocycles. The van der Waals surface area contributed by atoms with Crippen LogP contribution in [0, 0.1) is 0 Å². The monoisotopic (exact) mass is 302 g/mol. The summed E-state index contributed by atoms with van der Waals surface area (Å²) >= 11 is 0. The van der Waals surface area contributed by atoms with Crippen molar-refractivity contribution in [1.29, 1.82) is 0 Å². The Bertz CT molecular complexity index is 599. The lowest BCUT2D eigenvalue weighted by atomic mass is 9.94. The molecular weight excluding hydrogens is 280 g/mol. The van der Waals surface area contributed by atoms with Gasteiger partial charge in [-0.05, 0) is 18.9 Å². The number of urea groups is 1. The summed E-state index contributed by atoms with van der Waals surface area (Å²) in [6.45, 7) is 0.577. The Labute approximate surface area is 130 Å². The molecule has 1 N–H and O–H groups in total. The maximum Gasteiger partial charge on any atom is 0.322 e. The number of amides is 2. The van der Waals surface area contributed by atoms with Crippen LogP contribution in [0.25, 0.3) is 0 Å². The van der Waals surface area contributed by atoms with E-state index in [2.05, 4.69) is 10.4 Å². The topological polar surface area (TPSA) is 63.3 Å². The number of nitrogens with one attached hydrogen (secondary N) is 1. The smallest absolute Gasteiger partial charge is 0.322 e. The van der Waals surface area contributed by atoms with E-state index >= 15 is 0 Å². The molecule has 2 aromatic heterocycles. The summed E-state index contributed by atoms with van der Waals surface area (Å²) in [6, 6.07) is 2.13. The average Bonchev–Trinajstić information content (AvgIpc) is 3.17. The van der Waals surface area contributed by atoms with E-state index in [1.807, 2.05) is 18.0 Å². The summed E-state index contributed by atoms with van der Waals surface area (Å²) in [5.41, 5.74) is 1.74. The van der Waals surface area contributed by atoms with Gasteiger partial charge in [-0.25, -0.2) is 4.79 Å². The van der Waals surface area contributed by atoms with E-state index in [0.717, 1.165) is 24.1 Å². The summed E-state index contributed by atoms with van der Waals surface area (Å²) in [4.78, 5) is 14.6. The molecule has 1 aliphatic rings. The van der Waals surface area contributed by atoms with Crippen molar-refractivity contribution in [1.82, 2.24) is 14.7 Å². The van der Waals surface area contributed by atoms with Crippen molar-refractivity contribution in [3.63, 3.8) is 0 Å². The summed E-state index contributed by atoms with van der Waals surface area (Å²) < 4.78 is 6.81. The van der Waals surface area contributed by atoms with E-state index in [0.29, 0.717) is 12.6 Å². The predicted octanol–water partition coefficient (Wildman–Crippen LogP) is 3.38. The molecule has 6 nitrogen and oxygen atoms in total. The maximum absolute atomic E-state index is 12.7. The van der Waals surface area contributed by atoms with E-state index < -0.39 is 0 Å². The van der Waals surface area contributed by atoms with Crippen molar-refractivity contribution in [3.8, 4) is 0 Å². The zero-order chi connectivity index (χ0) is 15.4. The fourth-order valence-electron chi connectivity index (χ4n) is 3.02. The molecule has 1 fully saturated rings. The van der Waals surface area contributed by atoms with Crippen molar-refractivity contribution in [2.24, 2.45) is 7.05 Å². The molecule has 0 spiro atoms. The quantitative estimate of drug-likeness (QED) is 0.941. The molecule has 0 atom stereocenters. The number of carbonyl (C=O) groups excluding carboxylic acids is 1. The molecule has 0 aromatic carbocycles. The van der Waals surface area contributed by atoms with Gasteiger partial charge in [0.2, 0.25) is 0 Å². The number of aromatic nitrogens is 2. The van der Waals surface area contributed by atoms with Crippen molar-refractivity contribution >= 4 is 11.7 Å². The number of anilines is 1. The number of nitrogens with zero attached hydrogens (tertiary/aromatic N) is 3. The predicted molar refractivity (Wildman–Crippen MR) is 83.4 cm³/mol. The van der Waals surface area contributed by atoms with Crippen LogP contribution in [0.2, 0.25) is 0 Å². The second-order valence-corrected chi connectivity index (χ2v) is 5.88. The Balaban J connectivity index is 1.72. The Kier molecular flexibility index (Phi) is 4.46. The van der Waals surface area contributed by atoms with Gasteiger partial charge in [0, 0.05) is 24.8 Å². The standard InChI is InChI=1S/C16H22N4O2/c1-19-11-14(9-17-19)18-16(21)20(10-13-7-8-22-12-13)15-5-3-2-4-6-15/h7-9,11-12,15H,2-6,10H2,1H3,(H,18,21). The zero-order valence-corrected chi connectivity index (χ0v) is 12.9. The van der Waals surface area contributed by atoms with Crippen LogP contribution < -0.4 is 5.32 Å². The molecule has 0 unspecified atom stereocenters. The lowest BCUT2D eigenvalue weighted by Gasteiger charge is -2.34. The van der Waals surface area contributed by atoms with Crippen LogP contribution in [-0.2, 0) is 13.6 Å². The van der Waals surface area contributed by atoms with Gasteiger partial charge in [-0.2, -0.15) is 5.10 Å². The van der Waals surface area contributed by atoms with Crippen LogP contribution in [0.1, 0.15) is 37.7 Å². The highest BCUT2D eigenvalue weighted by Gasteiger charge is 2.26. The molecule has 0 bridgehead atoms. The first-order valence-corrected chi connectivity index (χ1v) is 7.80. The van der Waals surface area contributed by atoms with E-state index in [4.69, 9.17) is 4.42 Å². The van der Waals surface area contributed by atoms with Crippen molar-refractivity contribution in [2.75, 3.05) is 5.32 Å². The zero-order valence-electron chi connectivity index (χ0n) is 12.9. The summed E-state index contributed by atoms with van der Waals surface area (Å²) in [6.07, 6.45) is 12.6. The van der Waals surface area contributed by atoms with Gasteiger partial charge in [0.15, 0.2) is 0 Å². The molecule has 2 heterocycles. The average molecular weight is 302 g/mol. The van der Waals surface area contributed by atoms with Crippen LogP contribution in [0.4, 0.5) is 10.5 Å². The Hall–Kier alpha value is -2.24. The largest absolute Gasteiger partial charge is 0.472 e. The molecule has 3 rings (SSSR count). The van der Waals surface area contributed by atoms with Gasteiger partial charge in [-0.3, -0.25) is 4.68 Å². The highest BCUT2D eigenvalue weighted by atomic mass is 16.3. The summed E-state index contributed by atoms with van der Waals surface area (Å²) in [5.74, 6) is 0. The second-order valence-electron chi connectivity index (χ2n) is 5.88. The third kappa shape index (κ3) is 3.50. The van der Waals surface area contributed by atoms with E-state index in [-0.39, 0.29) is 6.03 Å². The number of hydrogen-bond acceptors (Lipinski definition) is 3. The van der Waals surface area contributed by atoms with Gasteiger partial charge < -0.3 is 14.6 Å². The number of carbonyl (C=O) groups is 1. The minimum atomic E-state index is -0.0684. The Morgan fingerprint density at radius 3 is 2.91 bits per heavy atom. The maximum atomic E-state index is 12.7. The van der Waals surface area contributed by atoms with Crippen LogP contribution in [0.15, 0.2) is 35.4 Å². The molecule has 1 saturated carbocycles. The highest BCUT2D eigenvalue weighted by molar-refractivity contribution is 5.89. The van der Waals surface area contributed by atoms with Crippen LogP contribution in [0.3, 0.4) is 0 Å². The highest BCUT2D eigenvalue weighted by Crippen LogP contribution is 2.25. The lowest BCUT2D eigenvalue weighted by molar-refractivity contribution is 0.162. The molecule has 118 valence electrons. The fraction of sp³-hybridized carbons (Fsp3) is 0.500. The lowest BCUT2D eigenvalue weighted by Crippen LogP contribution is -2.43. The first-order chi connectivity index (χ1) is 10.7. The normalized spacial score (nSPS) is 15.7. The molecule has 1 aliphatic carbocycles. The Morgan fingerprint density at radius 1 is 1.45 bits per heavy atom. The minimum absolute atomic E-state index is 0.0684. The molecule has 2 aromatic rings. The van der Waals surface area contributed by atoms with Gasteiger partial charge in [0.05, 0.1) is 31.0 Å². The molecular formula is C16H22N4O2. The van der Waals surface area contributed by atoms with Crippen LogP contribution in [-0.4, -0.2) is 26.8 Å². The second kappa shape index (κ2) is 6.68. The van der Waals surface area contributed by atoms with E-state index in [9.17, 15) is 4.79 Å². The number of furan rings is 1. The Morgan fingerprint density at radius 2 is 2.27 bits per heavy atom. The third-order valence-corrected chi connectivity index (χ3v) is 4.17. The van der Waals surface area contributed by atoms with Crippen molar-refractivity contribution < 1.29 is 9.21 Å².